The summed E-state index contributed by atoms with van der Waals surface area (Å²) in [6.07, 6.45) is 1.01. The third kappa shape index (κ3) is 2.17. The highest BCUT2D eigenvalue weighted by molar-refractivity contribution is 5.96. The number of phenolic OH excluding ortho intramolecular Hbond substituents is 1. The molecule has 1 amide bonds. The molecule has 2 rings (SSSR count). The van der Waals surface area contributed by atoms with Gasteiger partial charge in [0.25, 0.3) is 0 Å². The minimum Gasteiger partial charge on any atom is -0.506 e. The molecule has 1 saturated heterocycles. The number of carbonyl (C=O) groups excluding carboxylic acids is 1. The summed E-state index contributed by atoms with van der Waals surface area (Å²) < 4.78 is 0. The van der Waals surface area contributed by atoms with E-state index in [0.717, 1.165) is 13.0 Å². The van der Waals surface area contributed by atoms with E-state index in [4.69, 9.17) is 0 Å². The van der Waals surface area contributed by atoms with Crippen LogP contribution in [0.25, 0.3) is 0 Å². The van der Waals surface area contributed by atoms with Gasteiger partial charge in [-0.15, -0.1) is 0 Å². The lowest BCUT2D eigenvalue weighted by atomic mass is 10.0. The van der Waals surface area contributed by atoms with Gasteiger partial charge in [-0.05, 0) is 31.0 Å². The molecule has 2 unspecified atom stereocenters. The van der Waals surface area contributed by atoms with E-state index in [1.165, 1.54) is 0 Å². The van der Waals surface area contributed by atoms with Gasteiger partial charge in [0.05, 0.1) is 11.7 Å². The van der Waals surface area contributed by atoms with Crippen LogP contribution in [-0.2, 0) is 4.79 Å². The summed E-state index contributed by atoms with van der Waals surface area (Å²) in [6, 6.07) is 6.59. The first-order chi connectivity index (χ1) is 7.68. The van der Waals surface area contributed by atoms with Gasteiger partial charge in [-0.25, -0.2) is 0 Å². The lowest BCUT2D eigenvalue weighted by Gasteiger charge is -2.15. The fraction of sp³-hybridized carbons (Fsp3) is 0.417. The van der Waals surface area contributed by atoms with Gasteiger partial charge in [0, 0.05) is 0 Å². The fourth-order valence-electron chi connectivity index (χ4n) is 1.98. The molecule has 0 radical (unpaired) electrons. The number of phenols is 1. The molecule has 1 aliphatic rings. The zero-order valence-corrected chi connectivity index (χ0v) is 9.23. The Balaban J connectivity index is 2.05. The second kappa shape index (κ2) is 4.53. The van der Waals surface area contributed by atoms with Gasteiger partial charge < -0.3 is 15.7 Å². The van der Waals surface area contributed by atoms with E-state index in [0.29, 0.717) is 11.6 Å². The minimum atomic E-state index is -0.153. The Hall–Kier alpha value is -1.55. The average Bonchev–Trinajstić information content (AvgIpc) is 2.68. The van der Waals surface area contributed by atoms with Crippen molar-refractivity contribution in [1.29, 1.82) is 0 Å². The van der Waals surface area contributed by atoms with E-state index in [2.05, 4.69) is 17.6 Å². The van der Waals surface area contributed by atoms with Gasteiger partial charge in [0.2, 0.25) is 5.91 Å². The number of amides is 1. The Labute approximate surface area is 94.7 Å². The molecular formula is C12H16N2O2. The number of carbonyl (C=O) groups is 1. The van der Waals surface area contributed by atoms with Crippen LogP contribution in [0.5, 0.6) is 5.75 Å². The van der Waals surface area contributed by atoms with Crippen molar-refractivity contribution in [3.8, 4) is 5.75 Å². The topological polar surface area (TPSA) is 61.4 Å². The first kappa shape index (κ1) is 11.0. The summed E-state index contributed by atoms with van der Waals surface area (Å²) in [4.78, 5) is 11.9. The van der Waals surface area contributed by atoms with Gasteiger partial charge in [0.15, 0.2) is 0 Å². The summed E-state index contributed by atoms with van der Waals surface area (Å²) in [7, 11) is 0. The number of anilines is 1. The standard InChI is InChI=1S/C12H16N2O2/c1-8-6-7-13-11(8)12(16)14-9-4-2-3-5-10(9)15/h2-5,8,11,13,15H,6-7H2,1H3,(H,14,16). The van der Waals surface area contributed by atoms with E-state index < -0.39 is 0 Å². The van der Waals surface area contributed by atoms with Crippen LogP contribution in [0.2, 0.25) is 0 Å². The van der Waals surface area contributed by atoms with Gasteiger partial charge >= 0.3 is 0 Å². The SMILES string of the molecule is CC1CCNC1C(=O)Nc1ccccc1O. The summed E-state index contributed by atoms with van der Waals surface area (Å²) in [5.74, 6) is 0.360. The predicted molar refractivity (Wildman–Crippen MR) is 62.3 cm³/mol. The van der Waals surface area contributed by atoms with E-state index in [1.807, 2.05) is 0 Å². The highest BCUT2D eigenvalue weighted by Crippen LogP contribution is 2.23. The molecule has 0 saturated carbocycles. The van der Waals surface area contributed by atoms with Gasteiger partial charge in [-0.3, -0.25) is 4.79 Å². The third-order valence-corrected chi connectivity index (χ3v) is 2.98. The fourth-order valence-corrected chi connectivity index (χ4v) is 1.98. The zero-order chi connectivity index (χ0) is 11.5. The molecule has 1 aliphatic heterocycles. The molecule has 1 heterocycles. The van der Waals surface area contributed by atoms with Crippen molar-refractivity contribution in [2.45, 2.75) is 19.4 Å². The monoisotopic (exact) mass is 220 g/mol. The molecule has 4 heteroatoms. The Morgan fingerprint density at radius 2 is 2.25 bits per heavy atom. The Morgan fingerprint density at radius 1 is 1.50 bits per heavy atom. The molecule has 16 heavy (non-hydrogen) atoms. The highest BCUT2D eigenvalue weighted by Gasteiger charge is 2.29. The Morgan fingerprint density at radius 3 is 2.88 bits per heavy atom. The second-order valence-electron chi connectivity index (χ2n) is 4.20. The van der Waals surface area contributed by atoms with Crippen molar-refractivity contribution in [1.82, 2.24) is 5.32 Å². The van der Waals surface area contributed by atoms with Crippen molar-refractivity contribution in [3.63, 3.8) is 0 Å². The van der Waals surface area contributed by atoms with Crippen LogP contribution in [0.4, 0.5) is 5.69 Å². The third-order valence-electron chi connectivity index (χ3n) is 2.98. The van der Waals surface area contributed by atoms with Crippen molar-refractivity contribution in [3.05, 3.63) is 24.3 Å². The Kier molecular flexibility index (Phi) is 3.10. The summed E-state index contributed by atoms with van der Waals surface area (Å²) in [5.41, 5.74) is 0.466. The number of hydrogen-bond acceptors (Lipinski definition) is 3. The van der Waals surface area contributed by atoms with Crippen molar-refractivity contribution in [2.75, 3.05) is 11.9 Å². The average molecular weight is 220 g/mol. The molecule has 4 nitrogen and oxygen atoms in total. The number of nitrogens with one attached hydrogen (secondary N) is 2. The maximum Gasteiger partial charge on any atom is 0.241 e. The number of rotatable bonds is 2. The largest absolute Gasteiger partial charge is 0.506 e. The van der Waals surface area contributed by atoms with Gasteiger partial charge in [0.1, 0.15) is 5.75 Å². The lowest BCUT2D eigenvalue weighted by Crippen LogP contribution is -2.39. The van der Waals surface area contributed by atoms with Crippen molar-refractivity contribution < 1.29 is 9.90 Å². The predicted octanol–water partition coefficient (Wildman–Crippen LogP) is 1.33. The van der Waals surface area contributed by atoms with Crippen LogP contribution in [0, 0.1) is 5.92 Å². The van der Waals surface area contributed by atoms with Gasteiger partial charge in [-0.2, -0.15) is 0 Å². The van der Waals surface area contributed by atoms with E-state index in [9.17, 15) is 9.90 Å². The molecule has 0 aromatic heterocycles. The van der Waals surface area contributed by atoms with E-state index >= 15 is 0 Å². The van der Waals surface area contributed by atoms with Crippen LogP contribution >= 0.6 is 0 Å². The second-order valence-corrected chi connectivity index (χ2v) is 4.20. The van der Waals surface area contributed by atoms with Crippen LogP contribution in [0.1, 0.15) is 13.3 Å². The maximum atomic E-state index is 11.9. The summed E-state index contributed by atoms with van der Waals surface area (Å²) in [5, 5.41) is 15.4. The lowest BCUT2D eigenvalue weighted by molar-refractivity contribution is -0.118. The minimum absolute atomic E-state index is 0.0773. The van der Waals surface area contributed by atoms with Gasteiger partial charge in [-0.1, -0.05) is 19.1 Å². The quantitative estimate of drug-likeness (QED) is 0.659. The zero-order valence-electron chi connectivity index (χ0n) is 9.23. The molecule has 0 spiro atoms. The van der Waals surface area contributed by atoms with Crippen LogP contribution in [0.3, 0.4) is 0 Å². The van der Waals surface area contributed by atoms with E-state index in [-0.39, 0.29) is 17.7 Å². The number of para-hydroxylation sites is 2. The van der Waals surface area contributed by atoms with Crippen LogP contribution in [-0.4, -0.2) is 23.6 Å². The molecule has 86 valence electrons. The first-order valence-corrected chi connectivity index (χ1v) is 5.50. The molecule has 1 fully saturated rings. The molecule has 1 aromatic carbocycles. The molecule has 0 aliphatic carbocycles. The van der Waals surface area contributed by atoms with Crippen LogP contribution in [0.15, 0.2) is 24.3 Å². The number of aromatic hydroxyl groups is 1. The molecular weight excluding hydrogens is 204 g/mol. The van der Waals surface area contributed by atoms with E-state index in [1.54, 1.807) is 24.3 Å². The highest BCUT2D eigenvalue weighted by atomic mass is 16.3. The molecule has 2 atom stereocenters. The molecule has 0 bridgehead atoms. The first-order valence-electron chi connectivity index (χ1n) is 5.50. The smallest absolute Gasteiger partial charge is 0.241 e. The van der Waals surface area contributed by atoms with Crippen LogP contribution < -0.4 is 10.6 Å². The molecule has 3 N–H and O–H groups in total. The Bertz CT molecular complexity index is 392. The maximum absolute atomic E-state index is 11.9. The summed E-state index contributed by atoms with van der Waals surface area (Å²) in [6.45, 7) is 2.93. The van der Waals surface area contributed by atoms with Crippen molar-refractivity contribution >= 4 is 11.6 Å². The normalized spacial score (nSPS) is 24.3. The number of hydrogen-bond donors (Lipinski definition) is 3. The molecule has 1 aromatic rings. The summed E-state index contributed by atoms with van der Waals surface area (Å²) >= 11 is 0. The van der Waals surface area contributed by atoms with Crippen molar-refractivity contribution in [2.24, 2.45) is 5.92 Å². The number of benzene rings is 1.